The fourth-order valence-corrected chi connectivity index (χ4v) is 3.20. The highest BCUT2D eigenvalue weighted by molar-refractivity contribution is 4.94. The van der Waals surface area contributed by atoms with Crippen molar-refractivity contribution in [3.63, 3.8) is 0 Å². The molecular formula is C12H21F3N2. The van der Waals surface area contributed by atoms with E-state index in [1.165, 1.54) is 19.3 Å². The lowest BCUT2D eigenvalue weighted by molar-refractivity contribution is -0.135. The molecule has 0 bridgehead atoms. The standard InChI is InChI=1S/C12H21F3N2/c13-12(14,15)5-2-6-16-8-11-10-4-1-3-9(10)7-17-11/h9-11,16-17H,1-8H2. The first-order chi connectivity index (χ1) is 8.06. The summed E-state index contributed by atoms with van der Waals surface area (Å²) in [6, 6.07) is 0.480. The lowest BCUT2D eigenvalue weighted by atomic mass is 9.94. The van der Waals surface area contributed by atoms with E-state index in [1.54, 1.807) is 0 Å². The van der Waals surface area contributed by atoms with Gasteiger partial charge in [-0.25, -0.2) is 0 Å². The zero-order chi connectivity index (χ0) is 12.3. The van der Waals surface area contributed by atoms with E-state index < -0.39 is 12.6 Å². The summed E-state index contributed by atoms with van der Waals surface area (Å²) in [6.07, 6.45) is -0.575. The zero-order valence-electron chi connectivity index (χ0n) is 10.0. The average molecular weight is 250 g/mol. The normalized spacial score (nSPS) is 33.0. The van der Waals surface area contributed by atoms with Crippen LogP contribution in [0, 0.1) is 11.8 Å². The molecular weight excluding hydrogens is 229 g/mol. The maximum absolute atomic E-state index is 11.9. The first kappa shape index (κ1) is 13.1. The van der Waals surface area contributed by atoms with Gasteiger partial charge in [0.05, 0.1) is 0 Å². The van der Waals surface area contributed by atoms with Gasteiger partial charge in [-0.05, 0) is 44.2 Å². The minimum absolute atomic E-state index is 0.185. The van der Waals surface area contributed by atoms with Crippen molar-refractivity contribution in [2.75, 3.05) is 19.6 Å². The van der Waals surface area contributed by atoms with Crippen molar-refractivity contribution in [3.8, 4) is 0 Å². The SMILES string of the molecule is FC(F)(F)CCCNCC1NCC2CCCC21. The Bertz CT molecular complexity index is 242. The highest BCUT2D eigenvalue weighted by Crippen LogP contribution is 2.37. The van der Waals surface area contributed by atoms with Crippen LogP contribution in [0.5, 0.6) is 0 Å². The van der Waals surface area contributed by atoms with Crippen molar-refractivity contribution >= 4 is 0 Å². The first-order valence-electron chi connectivity index (χ1n) is 6.57. The van der Waals surface area contributed by atoms with Gasteiger partial charge in [-0.15, -0.1) is 0 Å². The Labute approximate surface area is 100 Å². The number of rotatable bonds is 5. The van der Waals surface area contributed by atoms with Crippen LogP contribution in [-0.4, -0.2) is 31.9 Å². The molecule has 2 aliphatic rings. The van der Waals surface area contributed by atoms with E-state index in [1.807, 2.05) is 0 Å². The fraction of sp³-hybridized carbons (Fsp3) is 1.00. The van der Waals surface area contributed by atoms with E-state index in [4.69, 9.17) is 0 Å². The molecule has 0 amide bonds. The molecule has 3 unspecified atom stereocenters. The van der Waals surface area contributed by atoms with E-state index in [0.29, 0.717) is 12.6 Å². The number of fused-ring (bicyclic) bond motifs is 1. The van der Waals surface area contributed by atoms with Gasteiger partial charge in [0.25, 0.3) is 0 Å². The Morgan fingerprint density at radius 2 is 2.06 bits per heavy atom. The highest BCUT2D eigenvalue weighted by atomic mass is 19.4. The van der Waals surface area contributed by atoms with Crippen LogP contribution in [0.15, 0.2) is 0 Å². The predicted octanol–water partition coefficient (Wildman–Crippen LogP) is 2.31. The Morgan fingerprint density at radius 1 is 1.24 bits per heavy atom. The van der Waals surface area contributed by atoms with Crippen LogP contribution in [0.25, 0.3) is 0 Å². The second kappa shape index (κ2) is 5.57. The minimum atomic E-state index is -4.01. The molecule has 17 heavy (non-hydrogen) atoms. The van der Waals surface area contributed by atoms with Crippen molar-refractivity contribution in [2.24, 2.45) is 11.8 Å². The van der Waals surface area contributed by atoms with Crippen molar-refractivity contribution in [1.82, 2.24) is 10.6 Å². The number of nitrogens with one attached hydrogen (secondary N) is 2. The van der Waals surface area contributed by atoms with Crippen molar-refractivity contribution < 1.29 is 13.2 Å². The van der Waals surface area contributed by atoms with Crippen LogP contribution in [-0.2, 0) is 0 Å². The van der Waals surface area contributed by atoms with Crippen LogP contribution >= 0.6 is 0 Å². The molecule has 0 spiro atoms. The number of hydrogen-bond donors (Lipinski definition) is 2. The van der Waals surface area contributed by atoms with Gasteiger partial charge in [-0.3, -0.25) is 0 Å². The number of halogens is 3. The first-order valence-corrected chi connectivity index (χ1v) is 6.57. The van der Waals surface area contributed by atoms with Crippen molar-refractivity contribution in [1.29, 1.82) is 0 Å². The predicted molar refractivity (Wildman–Crippen MR) is 60.8 cm³/mol. The smallest absolute Gasteiger partial charge is 0.315 e. The van der Waals surface area contributed by atoms with E-state index >= 15 is 0 Å². The third-order valence-corrected chi connectivity index (χ3v) is 4.05. The molecule has 2 fully saturated rings. The summed E-state index contributed by atoms with van der Waals surface area (Å²) in [4.78, 5) is 0. The molecule has 2 nitrogen and oxygen atoms in total. The van der Waals surface area contributed by atoms with Crippen LogP contribution in [0.1, 0.15) is 32.1 Å². The van der Waals surface area contributed by atoms with Crippen molar-refractivity contribution in [3.05, 3.63) is 0 Å². The van der Waals surface area contributed by atoms with Gasteiger partial charge < -0.3 is 10.6 Å². The Hall–Kier alpha value is -0.290. The monoisotopic (exact) mass is 250 g/mol. The minimum Gasteiger partial charge on any atom is -0.315 e. The summed E-state index contributed by atoms with van der Waals surface area (Å²) in [5, 5.41) is 6.63. The molecule has 1 saturated carbocycles. The van der Waals surface area contributed by atoms with Gasteiger partial charge in [0, 0.05) is 19.0 Å². The van der Waals surface area contributed by atoms with Gasteiger partial charge >= 0.3 is 6.18 Å². The molecule has 0 aromatic carbocycles. The third kappa shape index (κ3) is 3.85. The summed E-state index contributed by atoms with van der Waals surface area (Å²) in [7, 11) is 0. The van der Waals surface area contributed by atoms with Gasteiger partial charge in [0.2, 0.25) is 0 Å². The maximum atomic E-state index is 11.9. The van der Waals surface area contributed by atoms with Gasteiger partial charge in [0.1, 0.15) is 0 Å². The average Bonchev–Trinajstić information content (AvgIpc) is 2.79. The van der Waals surface area contributed by atoms with Crippen LogP contribution in [0.2, 0.25) is 0 Å². The fourth-order valence-electron chi connectivity index (χ4n) is 3.20. The Balaban J connectivity index is 1.57. The molecule has 1 aliphatic heterocycles. The zero-order valence-corrected chi connectivity index (χ0v) is 10.0. The molecule has 1 aliphatic carbocycles. The lowest BCUT2D eigenvalue weighted by Gasteiger charge is -2.18. The summed E-state index contributed by atoms with van der Waals surface area (Å²) in [5.74, 6) is 1.57. The Morgan fingerprint density at radius 3 is 2.82 bits per heavy atom. The summed E-state index contributed by atoms with van der Waals surface area (Å²) >= 11 is 0. The molecule has 1 saturated heterocycles. The van der Waals surface area contributed by atoms with Crippen LogP contribution < -0.4 is 10.6 Å². The molecule has 0 aromatic heterocycles. The second-order valence-corrected chi connectivity index (χ2v) is 5.29. The Kier molecular flexibility index (Phi) is 4.31. The molecule has 5 heteroatoms. The van der Waals surface area contributed by atoms with E-state index in [9.17, 15) is 13.2 Å². The summed E-state index contributed by atoms with van der Waals surface area (Å²) in [6.45, 7) is 2.38. The van der Waals surface area contributed by atoms with Crippen LogP contribution in [0.3, 0.4) is 0 Å². The topological polar surface area (TPSA) is 24.1 Å². The van der Waals surface area contributed by atoms with Crippen LogP contribution in [0.4, 0.5) is 13.2 Å². The molecule has 0 radical (unpaired) electrons. The highest BCUT2D eigenvalue weighted by Gasteiger charge is 2.38. The van der Waals surface area contributed by atoms with Gasteiger partial charge in [-0.2, -0.15) is 13.2 Å². The largest absolute Gasteiger partial charge is 0.389 e. The molecule has 100 valence electrons. The molecule has 3 atom stereocenters. The maximum Gasteiger partial charge on any atom is 0.389 e. The van der Waals surface area contributed by atoms with Crippen molar-refractivity contribution in [2.45, 2.75) is 44.3 Å². The van der Waals surface area contributed by atoms with E-state index in [0.717, 1.165) is 24.9 Å². The second-order valence-electron chi connectivity index (χ2n) is 5.29. The van der Waals surface area contributed by atoms with E-state index in [2.05, 4.69) is 10.6 Å². The third-order valence-electron chi connectivity index (χ3n) is 4.05. The van der Waals surface area contributed by atoms with E-state index in [-0.39, 0.29) is 6.42 Å². The molecule has 0 aromatic rings. The summed E-state index contributed by atoms with van der Waals surface area (Å²) in [5.41, 5.74) is 0. The lowest BCUT2D eigenvalue weighted by Crippen LogP contribution is -2.38. The number of hydrogen-bond acceptors (Lipinski definition) is 2. The molecule has 1 heterocycles. The van der Waals surface area contributed by atoms with Gasteiger partial charge in [-0.1, -0.05) is 6.42 Å². The summed E-state index contributed by atoms with van der Waals surface area (Å²) < 4.78 is 35.8. The quantitative estimate of drug-likeness (QED) is 0.732. The molecule has 2 N–H and O–H groups in total. The molecule has 2 rings (SSSR count). The number of alkyl halides is 3. The van der Waals surface area contributed by atoms with Gasteiger partial charge in [0.15, 0.2) is 0 Å².